The number of nitrogens with zero attached hydrogens (tertiary/aromatic N) is 2. The minimum Gasteiger partial charge on any atom is -0.394 e. The highest BCUT2D eigenvalue weighted by Gasteiger charge is 2.45. The van der Waals surface area contributed by atoms with Crippen molar-refractivity contribution in [1.29, 1.82) is 0 Å². The van der Waals surface area contributed by atoms with Crippen LogP contribution in [0.1, 0.15) is 52.4 Å². The zero-order valence-electron chi connectivity index (χ0n) is 17.9. The predicted octanol–water partition coefficient (Wildman–Crippen LogP) is -1.46. The largest absolute Gasteiger partial charge is 0.394 e. The molecule has 1 aliphatic rings. The van der Waals surface area contributed by atoms with Crippen molar-refractivity contribution in [3.05, 3.63) is 0 Å². The lowest BCUT2D eigenvalue weighted by molar-refractivity contribution is -0.204. The third-order valence-corrected chi connectivity index (χ3v) is 5.03. The van der Waals surface area contributed by atoms with Crippen molar-refractivity contribution in [1.82, 2.24) is 5.32 Å². The quantitative estimate of drug-likeness (QED) is 0.117. The Bertz CT molecular complexity index is 582. The summed E-state index contributed by atoms with van der Waals surface area (Å²) in [7, 11) is 0. The molecule has 0 spiro atoms. The molecule has 0 bridgehead atoms. The summed E-state index contributed by atoms with van der Waals surface area (Å²) in [5, 5.41) is 32.6. The highest BCUT2D eigenvalue weighted by Crippen LogP contribution is 2.26. The summed E-state index contributed by atoms with van der Waals surface area (Å²) in [5.41, 5.74) is 15.9. The van der Waals surface area contributed by atoms with Crippen LogP contribution in [0.2, 0.25) is 0 Å². The number of rotatable bonds is 11. The van der Waals surface area contributed by atoms with E-state index in [1.165, 1.54) is 0 Å². The number of hydrogen-bond acceptors (Lipinski definition) is 6. The number of carbonyl (C=O) groups excluding carboxylic acids is 1. The molecule has 1 aliphatic heterocycles. The smallest absolute Gasteiger partial charge is 0.220 e. The van der Waals surface area contributed by atoms with E-state index in [-0.39, 0.29) is 23.7 Å². The highest BCUT2D eigenvalue weighted by atomic mass is 16.5. The van der Waals surface area contributed by atoms with Gasteiger partial charge in [0.05, 0.1) is 18.8 Å². The molecule has 1 heterocycles. The van der Waals surface area contributed by atoms with Gasteiger partial charge in [-0.3, -0.25) is 9.79 Å². The van der Waals surface area contributed by atoms with Gasteiger partial charge in [-0.1, -0.05) is 33.1 Å². The molecule has 10 N–H and O–H groups in total. The lowest BCUT2D eigenvalue weighted by Crippen LogP contribution is -2.65. The molecule has 0 saturated carbocycles. The molecule has 174 valence electrons. The highest BCUT2D eigenvalue weighted by molar-refractivity contribution is 5.92. The van der Waals surface area contributed by atoms with Crippen LogP contribution in [0.5, 0.6) is 0 Å². The Hall–Kier alpha value is -1.95. The van der Waals surface area contributed by atoms with Gasteiger partial charge in [-0.05, 0) is 18.8 Å². The van der Waals surface area contributed by atoms with Gasteiger partial charge in [0.15, 0.2) is 5.96 Å². The van der Waals surface area contributed by atoms with Crippen LogP contribution < -0.4 is 22.5 Å². The van der Waals surface area contributed by atoms with Crippen molar-refractivity contribution >= 4 is 17.8 Å². The van der Waals surface area contributed by atoms with Crippen LogP contribution in [0, 0.1) is 5.92 Å². The van der Waals surface area contributed by atoms with Crippen LogP contribution in [-0.2, 0) is 9.53 Å². The van der Waals surface area contributed by atoms with E-state index in [9.17, 15) is 20.1 Å². The number of ether oxygens (including phenoxy) is 1. The third kappa shape index (κ3) is 8.82. The summed E-state index contributed by atoms with van der Waals surface area (Å²) in [6, 6.07) is -0.719. The van der Waals surface area contributed by atoms with Gasteiger partial charge in [0.25, 0.3) is 0 Å². The first-order chi connectivity index (χ1) is 14.2. The van der Waals surface area contributed by atoms with Gasteiger partial charge in [-0.25, -0.2) is 0 Å². The number of aliphatic hydroxyl groups is 3. The first-order valence-corrected chi connectivity index (χ1v) is 10.5. The minimum absolute atomic E-state index is 0.00446. The monoisotopic (exact) mass is 430 g/mol. The average Bonchev–Trinajstić information content (AvgIpc) is 2.67. The van der Waals surface area contributed by atoms with Crippen molar-refractivity contribution < 1.29 is 24.9 Å². The van der Waals surface area contributed by atoms with Gasteiger partial charge >= 0.3 is 0 Å². The van der Waals surface area contributed by atoms with Crippen molar-refractivity contribution in [3.63, 3.8) is 0 Å². The molecular formula is C19H38N6O5. The molecule has 0 aliphatic carbocycles. The van der Waals surface area contributed by atoms with E-state index in [0.717, 1.165) is 25.7 Å². The summed E-state index contributed by atoms with van der Waals surface area (Å²) >= 11 is 0. The van der Waals surface area contributed by atoms with E-state index < -0.39 is 37.1 Å². The molecule has 11 nitrogen and oxygen atoms in total. The zero-order valence-corrected chi connectivity index (χ0v) is 17.9. The van der Waals surface area contributed by atoms with Crippen LogP contribution in [-0.4, -0.2) is 76.8 Å². The number of aliphatic hydroxyl groups excluding tert-OH is 3. The summed E-state index contributed by atoms with van der Waals surface area (Å²) in [6.07, 6.45) is 0.859. The Balaban J connectivity index is 2.31. The van der Waals surface area contributed by atoms with Gasteiger partial charge in [-0.15, -0.1) is 0 Å². The third-order valence-electron chi connectivity index (χ3n) is 5.03. The fourth-order valence-corrected chi connectivity index (χ4v) is 3.43. The summed E-state index contributed by atoms with van der Waals surface area (Å²) < 4.78 is 5.70. The number of nitrogens with two attached hydrogens (primary N) is 3. The van der Waals surface area contributed by atoms with Crippen LogP contribution in [0.3, 0.4) is 0 Å². The van der Waals surface area contributed by atoms with Gasteiger partial charge in [0.1, 0.15) is 18.3 Å². The number of aliphatic imine (C=N–C) groups is 2. The summed E-state index contributed by atoms with van der Waals surface area (Å²) in [6.45, 7) is 3.94. The molecule has 0 aromatic carbocycles. The second-order valence-corrected chi connectivity index (χ2v) is 7.93. The second kappa shape index (κ2) is 13.4. The molecule has 30 heavy (non-hydrogen) atoms. The topological polar surface area (TPSA) is 202 Å². The number of nitrogens with one attached hydrogen (secondary N) is 1. The van der Waals surface area contributed by atoms with Crippen LogP contribution in [0.15, 0.2) is 9.98 Å². The zero-order chi connectivity index (χ0) is 22.7. The lowest BCUT2D eigenvalue weighted by Gasteiger charge is -2.44. The van der Waals surface area contributed by atoms with Gasteiger partial charge in [0.2, 0.25) is 11.9 Å². The van der Waals surface area contributed by atoms with E-state index in [4.69, 9.17) is 21.9 Å². The molecule has 0 aromatic heterocycles. The molecule has 5 atom stereocenters. The maximum atomic E-state index is 12.3. The Kier molecular flexibility index (Phi) is 11.6. The molecule has 11 heteroatoms. The lowest BCUT2D eigenvalue weighted by atomic mass is 9.87. The van der Waals surface area contributed by atoms with E-state index in [1.807, 2.05) is 13.8 Å². The van der Waals surface area contributed by atoms with E-state index in [1.54, 1.807) is 0 Å². The van der Waals surface area contributed by atoms with Crippen LogP contribution >= 0.6 is 0 Å². The maximum absolute atomic E-state index is 12.3. The predicted molar refractivity (Wildman–Crippen MR) is 115 cm³/mol. The molecule has 1 rings (SSSR count). The van der Waals surface area contributed by atoms with Crippen LogP contribution in [0.25, 0.3) is 0 Å². The molecule has 1 fully saturated rings. The molecular weight excluding hydrogens is 392 g/mol. The molecule has 1 saturated heterocycles. The van der Waals surface area contributed by atoms with E-state index in [0.29, 0.717) is 19.4 Å². The Morgan fingerprint density at radius 1 is 1.07 bits per heavy atom. The van der Waals surface area contributed by atoms with Crippen molar-refractivity contribution in [2.75, 3.05) is 13.2 Å². The van der Waals surface area contributed by atoms with Crippen molar-refractivity contribution in [2.45, 2.75) is 82.8 Å². The number of unbranched alkanes of at least 4 members (excludes halogenated alkanes) is 4. The maximum Gasteiger partial charge on any atom is 0.220 e. The Morgan fingerprint density at radius 2 is 1.70 bits per heavy atom. The van der Waals surface area contributed by atoms with E-state index in [2.05, 4.69) is 15.3 Å². The standard InChI is InChI=1S/C19H38N6O5/c1-11(2)17-14(16(29)15(28)12(10-26)30-17)24-13(27)8-6-4-3-5-7-9-23-19(22)25-18(20)21/h11-12,14-17,26,28-29H,3-10H2,1-2H3,(H,24,27)(H6,20,21,22,23,25)/t12?,14?,15-,16-,17+/m1/s1. The number of carbonyl (C=O) groups is 1. The summed E-state index contributed by atoms with van der Waals surface area (Å²) in [4.78, 5) is 20.0. The van der Waals surface area contributed by atoms with Gasteiger partial charge in [0, 0.05) is 13.0 Å². The fourth-order valence-electron chi connectivity index (χ4n) is 3.43. The second-order valence-electron chi connectivity index (χ2n) is 7.93. The SMILES string of the molecule is CC(C)[C@@H]1OC(CO)[C@@H](O)[C@H](O)C1NC(=O)CCCCCCCN=C(N)N=C(N)N. The first kappa shape index (κ1) is 26.1. The number of guanidine groups is 2. The Labute approximate surface area is 177 Å². The minimum atomic E-state index is -1.25. The average molecular weight is 431 g/mol. The first-order valence-electron chi connectivity index (χ1n) is 10.5. The Morgan fingerprint density at radius 3 is 2.30 bits per heavy atom. The fraction of sp³-hybridized carbons (Fsp3) is 0.842. The van der Waals surface area contributed by atoms with Crippen molar-refractivity contribution in [2.24, 2.45) is 33.1 Å². The van der Waals surface area contributed by atoms with Crippen molar-refractivity contribution in [3.8, 4) is 0 Å². The van der Waals surface area contributed by atoms with E-state index >= 15 is 0 Å². The van der Waals surface area contributed by atoms with Crippen LogP contribution in [0.4, 0.5) is 0 Å². The van der Waals surface area contributed by atoms with Gasteiger partial charge < -0.3 is 42.6 Å². The molecule has 2 unspecified atom stereocenters. The normalized spacial score (nSPS) is 27.1. The number of hydrogen-bond donors (Lipinski definition) is 7. The molecule has 0 radical (unpaired) electrons. The molecule has 0 aromatic rings. The molecule has 1 amide bonds. The number of amides is 1. The summed E-state index contributed by atoms with van der Waals surface area (Å²) in [5.74, 6) is -0.257. The van der Waals surface area contributed by atoms with Gasteiger partial charge in [-0.2, -0.15) is 4.99 Å².